The summed E-state index contributed by atoms with van der Waals surface area (Å²) in [7, 11) is -0.655. The average Bonchev–Trinajstić information content (AvgIpc) is 2.31. The van der Waals surface area contributed by atoms with E-state index in [0.717, 1.165) is 5.56 Å². The second kappa shape index (κ2) is 6.83. The first-order valence-electron chi connectivity index (χ1n) is 6.25. The van der Waals surface area contributed by atoms with Gasteiger partial charge in [0, 0.05) is 16.5 Å². The van der Waals surface area contributed by atoms with Crippen LogP contribution in [0.5, 0.6) is 11.5 Å². The zero-order chi connectivity index (χ0) is 16.1. The largest absolute Gasteiger partial charge is 0.748 e. The highest BCUT2D eigenvalue weighted by atomic mass is 32.2. The molecule has 0 radical (unpaired) electrons. The van der Waals surface area contributed by atoms with Crippen molar-refractivity contribution in [1.29, 1.82) is 0 Å². The van der Waals surface area contributed by atoms with E-state index in [1.54, 1.807) is 20.2 Å². The van der Waals surface area contributed by atoms with Crippen LogP contribution >= 0.6 is 0 Å². The SMILES string of the molecule is C[N+](C)(Cc1ccc(O)c(O)c1)N=NCCCS(=O)(=O)[O-]. The number of phenols is 2. The third kappa shape index (κ3) is 7.02. The molecule has 9 heteroatoms. The van der Waals surface area contributed by atoms with Gasteiger partial charge in [0.1, 0.15) is 6.54 Å². The van der Waals surface area contributed by atoms with Crippen LogP contribution in [-0.2, 0) is 16.7 Å². The lowest BCUT2D eigenvalue weighted by atomic mass is 10.2. The van der Waals surface area contributed by atoms with Gasteiger partial charge < -0.3 is 14.8 Å². The molecule has 0 atom stereocenters. The van der Waals surface area contributed by atoms with E-state index in [1.807, 2.05) is 0 Å². The Labute approximate surface area is 123 Å². The highest BCUT2D eigenvalue weighted by Crippen LogP contribution is 2.26. The van der Waals surface area contributed by atoms with Gasteiger partial charge in [-0.05, 0) is 24.6 Å². The summed E-state index contributed by atoms with van der Waals surface area (Å²) < 4.78 is 31.4. The van der Waals surface area contributed by atoms with Gasteiger partial charge >= 0.3 is 0 Å². The molecule has 0 aliphatic carbocycles. The van der Waals surface area contributed by atoms with Crippen LogP contribution in [0.3, 0.4) is 0 Å². The molecule has 0 aliphatic rings. The highest BCUT2D eigenvalue weighted by molar-refractivity contribution is 7.85. The van der Waals surface area contributed by atoms with Gasteiger partial charge in [-0.15, -0.1) is 5.11 Å². The fourth-order valence-corrected chi connectivity index (χ4v) is 2.16. The number of aromatic hydroxyl groups is 2. The highest BCUT2D eigenvalue weighted by Gasteiger charge is 2.16. The van der Waals surface area contributed by atoms with Crippen LogP contribution in [0.2, 0.25) is 0 Å². The van der Waals surface area contributed by atoms with Crippen LogP contribution in [0.15, 0.2) is 28.5 Å². The molecule has 118 valence electrons. The van der Waals surface area contributed by atoms with E-state index in [2.05, 4.69) is 10.3 Å². The Balaban J connectivity index is 2.54. The molecule has 0 spiro atoms. The van der Waals surface area contributed by atoms with Gasteiger partial charge in [-0.2, -0.15) is 4.59 Å². The van der Waals surface area contributed by atoms with Gasteiger partial charge in [0.05, 0.1) is 30.8 Å². The Bertz CT molecular complexity index is 613. The molecule has 0 aliphatic heterocycles. The lowest BCUT2D eigenvalue weighted by Crippen LogP contribution is -2.32. The number of phenolic OH excluding ortho intramolecular Hbond substituents is 2. The minimum atomic E-state index is -4.21. The fourth-order valence-electron chi connectivity index (χ4n) is 1.67. The Morgan fingerprint density at radius 1 is 1.24 bits per heavy atom. The zero-order valence-electron chi connectivity index (χ0n) is 11.9. The maximum atomic E-state index is 10.4. The Morgan fingerprint density at radius 3 is 2.48 bits per heavy atom. The molecule has 0 saturated heterocycles. The van der Waals surface area contributed by atoms with Crippen LogP contribution in [0, 0.1) is 0 Å². The number of hydrogen-bond donors (Lipinski definition) is 2. The summed E-state index contributed by atoms with van der Waals surface area (Å²) in [5.41, 5.74) is 0.761. The third-order valence-electron chi connectivity index (χ3n) is 2.57. The second-order valence-electron chi connectivity index (χ2n) is 5.17. The van der Waals surface area contributed by atoms with Crippen LogP contribution in [0.25, 0.3) is 0 Å². The summed E-state index contributed by atoms with van der Waals surface area (Å²) in [6.07, 6.45) is 0.134. The maximum absolute atomic E-state index is 10.4. The first-order chi connectivity index (χ1) is 9.59. The standard InChI is InChI=1S/C12H19N3O5S/c1-15(2,14-13-6-3-7-21(18,19)20)9-10-4-5-11(16)12(17)8-10/h4-5,8H,3,6-7,9H2,1-2H3,(H2-,13,14,16,17,18,19,20). The zero-order valence-corrected chi connectivity index (χ0v) is 12.7. The van der Waals surface area contributed by atoms with Gasteiger partial charge in [0.25, 0.3) is 0 Å². The van der Waals surface area contributed by atoms with Crippen molar-refractivity contribution in [2.75, 3.05) is 26.4 Å². The summed E-state index contributed by atoms with van der Waals surface area (Å²) >= 11 is 0. The third-order valence-corrected chi connectivity index (χ3v) is 3.36. The monoisotopic (exact) mass is 317 g/mol. The molecule has 1 rings (SSSR count). The molecule has 0 saturated carbocycles. The summed E-state index contributed by atoms with van der Waals surface area (Å²) in [5.74, 6) is -0.847. The van der Waals surface area contributed by atoms with E-state index in [1.165, 1.54) is 12.1 Å². The Morgan fingerprint density at radius 2 is 1.90 bits per heavy atom. The quantitative estimate of drug-likeness (QED) is 0.194. The van der Waals surface area contributed by atoms with E-state index in [9.17, 15) is 23.2 Å². The van der Waals surface area contributed by atoms with Gasteiger partial charge in [0.2, 0.25) is 0 Å². The fraction of sp³-hybridized carbons (Fsp3) is 0.500. The predicted molar refractivity (Wildman–Crippen MR) is 74.5 cm³/mol. The van der Waals surface area contributed by atoms with E-state index in [-0.39, 0.29) is 29.1 Å². The van der Waals surface area contributed by atoms with E-state index < -0.39 is 15.9 Å². The molecule has 8 nitrogen and oxygen atoms in total. The minimum absolute atomic E-state index is 0.133. The summed E-state index contributed by atoms with van der Waals surface area (Å²) in [5, 5.41) is 26.6. The van der Waals surface area contributed by atoms with Crippen molar-refractivity contribution >= 4 is 10.1 Å². The van der Waals surface area contributed by atoms with Gasteiger partial charge in [-0.25, -0.2) is 8.42 Å². The summed E-state index contributed by atoms with van der Waals surface area (Å²) in [4.78, 5) is 0. The van der Waals surface area contributed by atoms with Crippen molar-refractivity contribution in [2.45, 2.75) is 13.0 Å². The number of rotatable bonds is 7. The smallest absolute Gasteiger partial charge is 0.157 e. The minimum Gasteiger partial charge on any atom is -0.748 e. The number of hydrogen-bond acceptors (Lipinski definition) is 7. The summed E-state index contributed by atoms with van der Waals surface area (Å²) in [6, 6.07) is 4.49. The number of quaternary nitrogens is 1. The topological polar surface area (TPSA) is 122 Å². The van der Waals surface area contributed by atoms with Gasteiger partial charge in [-0.1, -0.05) is 0 Å². The van der Waals surface area contributed by atoms with E-state index in [4.69, 9.17) is 0 Å². The first kappa shape index (κ1) is 17.3. The van der Waals surface area contributed by atoms with Crippen LogP contribution in [-0.4, -0.2) is 54.2 Å². The maximum Gasteiger partial charge on any atom is 0.157 e. The van der Waals surface area contributed by atoms with Crippen molar-refractivity contribution in [2.24, 2.45) is 10.3 Å². The average molecular weight is 317 g/mol. The van der Waals surface area contributed by atoms with Crippen molar-refractivity contribution in [3.05, 3.63) is 23.8 Å². The molecule has 2 N–H and O–H groups in total. The normalized spacial score (nSPS) is 12.9. The van der Waals surface area contributed by atoms with Gasteiger partial charge in [-0.3, -0.25) is 0 Å². The van der Waals surface area contributed by atoms with Crippen molar-refractivity contribution in [3.8, 4) is 11.5 Å². The predicted octanol–water partition coefficient (Wildman–Crippen LogP) is 0.977. The van der Waals surface area contributed by atoms with Crippen LogP contribution in [0.1, 0.15) is 12.0 Å². The lowest BCUT2D eigenvalue weighted by Gasteiger charge is -2.20. The Kier molecular flexibility index (Phi) is 5.64. The molecular formula is C12H19N3O5S. The summed E-state index contributed by atoms with van der Waals surface area (Å²) in [6.45, 7) is 0.584. The molecule has 0 heterocycles. The molecule has 0 unspecified atom stereocenters. The van der Waals surface area contributed by atoms with Crippen molar-refractivity contribution in [1.82, 2.24) is 0 Å². The molecule has 0 bridgehead atoms. The molecule has 1 aromatic rings. The van der Waals surface area contributed by atoms with Crippen LogP contribution < -0.4 is 0 Å². The number of nitrogens with zero attached hydrogens (tertiary/aromatic N) is 3. The van der Waals surface area contributed by atoms with Gasteiger partial charge in [0.15, 0.2) is 11.5 Å². The van der Waals surface area contributed by atoms with E-state index >= 15 is 0 Å². The molecular weight excluding hydrogens is 298 g/mol. The second-order valence-corrected chi connectivity index (χ2v) is 6.70. The molecule has 0 fully saturated rings. The van der Waals surface area contributed by atoms with Crippen molar-refractivity contribution in [3.63, 3.8) is 0 Å². The molecule has 1 aromatic carbocycles. The molecule has 0 amide bonds. The number of benzene rings is 1. The lowest BCUT2D eigenvalue weighted by molar-refractivity contribution is -0.915. The van der Waals surface area contributed by atoms with Crippen molar-refractivity contribution < 1.29 is 27.8 Å². The van der Waals surface area contributed by atoms with E-state index in [0.29, 0.717) is 6.54 Å². The molecule has 0 aromatic heterocycles. The Hall–Kier alpha value is -1.71. The van der Waals surface area contributed by atoms with Crippen LogP contribution in [0.4, 0.5) is 0 Å². The molecule has 21 heavy (non-hydrogen) atoms. The first-order valence-corrected chi connectivity index (χ1v) is 7.83.